The first-order chi connectivity index (χ1) is 18.3. The van der Waals surface area contributed by atoms with Gasteiger partial charge in [-0.2, -0.15) is 0 Å². The second kappa shape index (κ2) is 10.9. The van der Waals surface area contributed by atoms with Crippen LogP contribution in [0.25, 0.3) is 5.57 Å². The Bertz CT molecular complexity index is 1370. The van der Waals surface area contributed by atoms with Gasteiger partial charge in [0.2, 0.25) is 5.91 Å². The Morgan fingerprint density at radius 2 is 1.79 bits per heavy atom. The lowest BCUT2D eigenvalue weighted by Gasteiger charge is -2.24. The van der Waals surface area contributed by atoms with Gasteiger partial charge in [-0.1, -0.05) is 35.9 Å². The predicted molar refractivity (Wildman–Crippen MR) is 145 cm³/mol. The van der Waals surface area contributed by atoms with Crippen molar-refractivity contribution >= 4 is 40.4 Å². The minimum atomic E-state index is -3.34. The van der Waals surface area contributed by atoms with Gasteiger partial charge < -0.3 is 15.1 Å². The molecule has 196 valence electrons. The van der Waals surface area contributed by atoms with Gasteiger partial charge in [0.1, 0.15) is 0 Å². The first-order valence-corrected chi connectivity index (χ1v) is 12.9. The molecule has 0 spiro atoms. The fraction of sp³-hybridized carbons (Fsp3) is 0.276. The second-order valence-electron chi connectivity index (χ2n) is 9.38. The van der Waals surface area contributed by atoms with Crippen LogP contribution in [0.5, 0.6) is 0 Å². The number of amides is 2. The van der Waals surface area contributed by atoms with Crippen LogP contribution in [0, 0.1) is 0 Å². The van der Waals surface area contributed by atoms with E-state index in [0.717, 1.165) is 37.7 Å². The molecule has 0 unspecified atom stereocenters. The van der Waals surface area contributed by atoms with Gasteiger partial charge >= 0.3 is 0 Å². The lowest BCUT2D eigenvalue weighted by atomic mass is 9.97. The van der Waals surface area contributed by atoms with E-state index < -0.39 is 29.7 Å². The number of alkyl halides is 2. The summed E-state index contributed by atoms with van der Waals surface area (Å²) in [5.74, 6) is -4.47. The van der Waals surface area contributed by atoms with E-state index in [2.05, 4.69) is 15.2 Å². The summed E-state index contributed by atoms with van der Waals surface area (Å²) in [6.45, 7) is 1.73. The third-order valence-electron chi connectivity index (χ3n) is 6.87. The fourth-order valence-corrected chi connectivity index (χ4v) is 5.15. The molecule has 5 rings (SSSR count). The molecule has 3 aromatic rings. The van der Waals surface area contributed by atoms with Gasteiger partial charge in [0.15, 0.2) is 0 Å². The lowest BCUT2D eigenvalue weighted by molar-refractivity contribution is -0.116. The number of hydrogen-bond acceptors (Lipinski definition) is 4. The van der Waals surface area contributed by atoms with Crippen molar-refractivity contribution in [3.05, 3.63) is 94.8 Å². The summed E-state index contributed by atoms with van der Waals surface area (Å²) < 4.78 is 30.9. The van der Waals surface area contributed by atoms with Crippen LogP contribution in [0.3, 0.4) is 0 Å². The maximum absolute atomic E-state index is 15.4. The quantitative estimate of drug-likeness (QED) is 0.424. The van der Waals surface area contributed by atoms with Gasteiger partial charge in [-0.05, 0) is 49.2 Å². The van der Waals surface area contributed by atoms with Crippen LogP contribution >= 0.6 is 11.6 Å². The van der Waals surface area contributed by atoms with Gasteiger partial charge in [-0.3, -0.25) is 14.6 Å². The second-order valence-corrected chi connectivity index (χ2v) is 9.79. The van der Waals surface area contributed by atoms with E-state index in [9.17, 15) is 9.59 Å². The first kappa shape index (κ1) is 25.9. The van der Waals surface area contributed by atoms with E-state index in [4.69, 9.17) is 11.6 Å². The Hall–Kier alpha value is -3.78. The zero-order valence-electron chi connectivity index (χ0n) is 20.7. The molecule has 0 atom stereocenters. The van der Waals surface area contributed by atoms with Gasteiger partial charge in [-0.15, -0.1) is 0 Å². The maximum atomic E-state index is 15.4. The molecule has 0 bridgehead atoms. The van der Waals surface area contributed by atoms with E-state index in [1.165, 1.54) is 11.0 Å². The highest BCUT2D eigenvalue weighted by Crippen LogP contribution is 2.43. The molecule has 1 aromatic heterocycles. The van der Waals surface area contributed by atoms with Crippen LogP contribution in [0.15, 0.2) is 72.9 Å². The topological polar surface area (TPSA) is 65.5 Å². The molecule has 1 fully saturated rings. The molecule has 9 heteroatoms. The molecule has 38 heavy (non-hydrogen) atoms. The Labute approximate surface area is 224 Å². The zero-order valence-corrected chi connectivity index (χ0v) is 21.4. The minimum Gasteiger partial charge on any atom is -0.371 e. The van der Waals surface area contributed by atoms with Gasteiger partial charge in [-0.25, -0.2) is 8.78 Å². The Morgan fingerprint density at radius 1 is 1.03 bits per heavy atom. The van der Waals surface area contributed by atoms with E-state index in [1.54, 1.807) is 54.7 Å². The van der Waals surface area contributed by atoms with E-state index in [0.29, 0.717) is 11.4 Å². The summed E-state index contributed by atoms with van der Waals surface area (Å²) in [6, 6.07) is 16.9. The smallest absolute Gasteiger partial charge is 0.275 e. The highest BCUT2D eigenvalue weighted by Gasteiger charge is 2.41. The number of para-hydroxylation sites is 1. The van der Waals surface area contributed by atoms with E-state index in [-0.39, 0.29) is 29.2 Å². The molecule has 1 N–H and O–H groups in total. The summed E-state index contributed by atoms with van der Waals surface area (Å²) in [6.07, 6.45) is 4.08. The number of aromatic nitrogens is 1. The van der Waals surface area contributed by atoms with Gasteiger partial charge in [0.25, 0.3) is 11.8 Å². The van der Waals surface area contributed by atoms with Crippen molar-refractivity contribution in [3.63, 3.8) is 0 Å². The van der Waals surface area contributed by atoms with Crippen LogP contribution in [0.1, 0.15) is 40.9 Å². The predicted octanol–water partition coefficient (Wildman–Crippen LogP) is 5.72. The number of carbonyl (C=O) groups excluding carboxylic acids is 2. The Balaban J connectivity index is 1.44. The number of allylic oxidation sites excluding steroid dienone is 1. The number of rotatable bonds is 5. The molecular formula is C29H27ClF2N4O2. The monoisotopic (exact) mass is 536 g/mol. The number of nitrogens with one attached hydrogen (secondary N) is 1. The average Bonchev–Trinajstić information content (AvgIpc) is 3.43. The number of anilines is 2. The summed E-state index contributed by atoms with van der Waals surface area (Å²) >= 11 is 6.54. The highest BCUT2D eigenvalue weighted by molar-refractivity contribution is 6.35. The van der Waals surface area contributed by atoms with Crippen molar-refractivity contribution in [3.8, 4) is 0 Å². The van der Waals surface area contributed by atoms with E-state index >= 15 is 8.78 Å². The fourth-order valence-electron chi connectivity index (χ4n) is 4.89. The molecular weight excluding hydrogens is 510 g/mol. The molecule has 1 saturated heterocycles. The molecule has 2 aliphatic heterocycles. The minimum absolute atomic E-state index is 0.104. The number of halogens is 3. The number of carbonyl (C=O) groups is 2. The summed E-state index contributed by atoms with van der Waals surface area (Å²) in [5.41, 5.74) is 1.79. The SMILES string of the molecule is O=C(C=C1c2ccccc2N(C(=O)c2ccc(N3CCCC3)cc2Cl)CCC1(F)F)NCc1ccccn1. The molecule has 2 amide bonds. The van der Waals surface area contributed by atoms with Crippen molar-refractivity contribution in [1.82, 2.24) is 10.3 Å². The summed E-state index contributed by atoms with van der Waals surface area (Å²) in [7, 11) is 0. The molecule has 2 aromatic carbocycles. The van der Waals surface area contributed by atoms with Gasteiger partial charge in [0, 0.05) is 55.2 Å². The summed E-state index contributed by atoms with van der Waals surface area (Å²) in [5, 5.41) is 2.89. The molecule has 0 saturated carbocycles. The number of pyridine rings is 1. The van der Waals surface area contributed by atoms with Crippen LogP contribution in [0.2, 0.25) is 5.02 Å². The van der Waals surface area contributed by atoms with Crippen molar-refractivity contribution in [1.29, 1.82) is 0 Å². The molecule has 0 radical (unpaired) electrons. The largest absolute Gasteiger partial charge is 0.371 e. The highest BCUT2D eigenvalue weighted by atomic mass is 35.5. The van der Waals surface area contributed by atoms with E-state index in [1.807, 2.05) is 6.07 Å². The molecule has 6 nitrogen and oxygen atoms in total. The number of benzene rings is 2. The average molecular weight is 537 g/mol. The van der Waals surface area contributed by atoms with Crippen molar-refractivity contribution in [2.75, 3.05) is 29.4 Å². The van der Waals surface area contributed by atoms with Crippen LogP contribution in [-0.4, -0.2) is 42.4 Å². The number of hydrogen-bond donors (Lipinski definition) is 1. The van der Waals surface area contributed by atoms with Crippen LogP contribution in [0.4, 0.5) is 20.2 Å². The number of nitrogens with zero attached hydrogens (tertiary/aromatic N) is 3. The van der Waals surface area contributed by atoms with Crippen LogP contribution < -0.4 is 15.1 Å². The van der Waals surface area contributed by atoms with Crippen LogP contribution in [-0.2, 0) is 11.3 Å². The molecule has 3 heterocycles. The normalized spacial score (nSPS) is 17.7. The van der Waals surface area contributed by atoms with Crippen molar-refractivity contribution in [2.45, 2.75) is 31.7 Å². The van der Waals surface area contributed by atoms with Crippen molar-refractivity contribution in [2.24, 2.45) is 0 Å². The zero-order chi connectivity index (χ0) is 26.7. The maximum Gasteiger partial charge on any atom is 0.275 e. The number of fused-ring (bicyclic) bond motifs is 1. The third kappa shape index (κ3) is 5.41. The third-order valence-corrected chi connectivity index (χ3v) is 7.19. The Kier molecular flexibility index (Phi) is 7.42. The standard InChI is InChI=1S/C29H27ClF2N4O2/c30-25-17-21(35-14-5-6-15-35)10-11-23(25)28(38)36-16-12-29(31,32)24(22-8-1-2-9-26(22)36)18-27(37)34-19-20-7-3-4-13-33-20/h1-4,7-11,13,17-18H,5-6,12,14-16,19H2,(H,34,37). The van der Waals surface area contributed by atoms with Gasteiger partial charge in [0.05, 0.1) is 28.5 Å². The van der Waals surface area contributed by atoms with Crippen molar-refractivity contribution < 1.29 is 18.4 Å². The lowest BCUT2D eigenvalue weighted by Crippen LogP contribution is -2.33. The molecule has 2 aliphatic rings. The Morgan fingerprint density at radius 3 is 2.53 bits per heavy atom. The first-order valence-electron chi connectivity index (χ1n) is 12.6. The molecule has 0 aliphatic carbocycles. The summed E-state index contributed by atoms with van der Waals surface area (Å²) in [4.78, 5) is 34.0.